The van der Waals surface area contributed by atoms with Crippen LogP contribution in [0.5, 0.6) is 11.5 Å². The van der Waals surface area contributed by atoms with E-state index in [1.54, 1.807) is 30.3 Å². The minimum Gasteiger partial charge on any atom is -0.851 e. The first kappa shape index (κ1) is 28.4. The van der Waals surface area contributed by atoms with E-state index in [1.807, 2.05) is 17.9 Å². The van der Waals surface area contributed by atoms with Crippen LogP contribution < -0.4 is 20.0 Å². The number of hydrogen-bond acceptors (Lipinski definition) is 7. The molecule has 0 spiro atoms. The van der Waals surface area contributed by atoms with E-state index in [2.05, 4.69) is 28.8 Å². The number of unbranched alkanes of at least 4 members (excludes halogenated alkanes) is 2. The summed E-state index contributed by atoms with van der Waals surface area (Å²) in [4.78, 5) is 6.94. The second-order valence-corrected chi connectivity index (χ2v) is 9.70. The lowest BCUT2D eigenvalue weighted by Crippen LogP contribution is -2.63. The first-order chi connectivity index (χ1) is 17.9. The van der Waals surface area contributed by atoms with Crippen molar-refractivity contribution in [1.82, 2.24) is 0 Å². The van der Waals surface area contributed by atoms with Crippen LogP contribution in [0.3, 0.4) is 0 Å². The van der Waals surface area contributed by atoms with Crippen molar-refractivity contribution in [2.75, 3.05) is 42.5 Å². The molecule has 202 valence electrons. The quantitative estimate of drug-likeness (QED) is 0.224. The van der Waals surface area contributed by atoms with Gasteiger partial charge in [0.1, 0.15) is 11.5 Å². The zero-order valence-electron chi connectivity index (χ0n) is 22.1. The molecule has 0 saturated heterocycles. The molecule has 1 saturated carbocycles. The fourth-order valence-corrected chi connectivity index (χ4v) is 5.15. The monoisotopic (exact) mass is 509 g/mol. The van der Waals surface area contributed by atoms with E-state index in [0.29, 0.717) is 30.8 Å². The summed E-state index contributed by atoms with van der Waals surface area (Å²) >= 11 is 0. The van der Waals surface area contributed by atoms with E-state index in [1.165, 1.54) is 0 Å². The highest BCUT2D eigenvalue weighted by atomic mass is 16.3. The smallest absolute Gasteiger partial charge is 0.121 e. The Balaban J connectivity index is 1.76. The summed E-state index contributed by atoms with van der Waals surface area (Å²) in [5.41, 5.74) is 10.8. The predicted octanol–water partition coefficient (Wildman–Crippen LogP) is 3.98. The Morgan fingerprint density at radius 2 is 1.30 bits per heavy atom. The van der Waals surface area contributed by atoms with E-state index in [4.69, 9.17) is 5.53 Å². The lowest BCUT2D eigenvalue weighted by Gasteiger charge is -2.61. The van der Waals surface area contributed by atoms with Gasteiger partial charge in [0.2, 0.25) is 0 Å². The fraction of sp³-hybridized carbons (Fsp3) is 0.571. The average Bonchev–Trinajstić information content (AvgIpc) is 2.89. The zero-order valence-corrected chi connectivity index (χ0v) is 22.1. The van der Waals surface area contributed by atoms with Crippen LogP contribution in [0.15, 0.2) is 41.5 Å². The van der Waals surface area contributed by atoms with Gasteiger partial charge in [-0.05, 0) is 60.4 Å². The van der Waals surface area contributed by atoms with Crippen LogP contribution in [0.2, 0.25) is 0 Å². The van der Waals surface area contributed by atoms with Crippen LogP contribution in [0.4, 0.5) is 11.4 Å². The first-order valence-corrected chi connectivity index (χ1v) is 13.4. The number of anilines is 2. The van der Waals surface area contributed by atoms with Crippen LogP contribution in [0, 0.1) is 0 Å². The molecule has 1 aliphatic carbocycles. The Kier molecular flexibility index (Phi) is 10.3. The molecule has 2 aromatic carbocycles. The third-order valence-electron chi connectivity index (χ3n) is 7.37. The number of aromatic hydroxyl groups is 2. The molecule has 0 aromatic heterocycles. The fourth-order valence-electron chi connectivity index (χ4n) is 5.15. The van der Waals surface area contributed by atoms with Crippen molar-refractivity contribution in [2.45, 2.75) is 70.5 Å². The molecular weight excluding hydrogens is 470 g/mol. The van der Waals surface area contributed by atoms with Crippen LogP contribution in [0.1, 0.15) is 69.4 Å². The number of rotatable bonds is 14. The average molecular weight is 510 g/mol. The molecule has 0 aliphatic heterocycles. The summed E-state index contributed by atoms with van der Waals surface area (Å²) in [7, 11) is 0. The summed E-state index contributed by atoms with van der Waals surface area (Å²) in [6.45, 7) is 9.45. The van der Waals surface area contributed by atoms with Gasteiger partial charge in [-0.1, -0.05) is 43.9 Å². The van der Waals surface area contributed by atoms with Gasteiger partial charge in [-0.15, -0.1) is 12.2 Å². The number of likely N-dealkylation sites (N-methyl/N-ethyl adjacent to an activating group) is 1. The molecule has 2 aromatic rings. The Hall–Kier alpha value is -3.13. The normalized spacial score (nSPS) is 20.7. The summed E-state index contributed by atoms with van der Waals surface area (Å²) in [5.74, 6) is -1.86. The molecule has 1 fully saturated rings. The number of nitrogens with zero attached hydrogens (tertiary/aromatic N) is 5. The number of phenolic OH excluding ortho intramolecular Hbond substituents is 2. The Morgan fingerprint density at radius 3 is 1.70 bits per heavy atom. The van der Waals surface area contributed by atoms with Crippen LogP contribution in [0.25, 0.3) is 10.4 Å². The summed E-state index contributed by atoms with van der Waals surface area (Å²) in [6, 6.07) is 10.3. The molecule has 2 atom stereocenters. The van der Waals surface area contributed by atoms with Crippen molar-refractivity contribution in [3.63, 3.8) is 0 Å². The summed E-state index contributed by atoms with van der Waals surface area (Å²) in [6.07, 6.45) is 1.72. The molecule has 0 bridgehead atoms. The van der Waals surface area contributed by atoms with Gasteiger partial charge in [-0.25, -0.2) is 0 Å². The highest BCUT2D eigenvalue weighted by molar-refractivity contribution is 5.58. The highest BCUT2D eigenvalue weighted by Gasteiger charge is 2.40. The number of benzene rings is 2. The maximum Gasteiger partial charge on any atom is 0.121 e. The highest BCUT2D eigenvalue weighted by Crippen LogP contribution is 2.50. The van der Waals surface area contributed by atoms with Crippen LogP contribution in [-0.4, -0.2) is 55.1 Å². The van der Waals surface area contributed by atoms with Gasteiger partial charge in [0.25, 0.3) is 0 Å². The number of phenols is 2. The first-order valence-electron chi connectivity index (χ1n) is 13.4. The third kappa shape index (κ3) is 6.42. The van der Waals surface area contributed by atoms with Crippen molar-refractivity contribution < 1.29 is 20.4 Å². The standard InChI is InChI=1S/C28H39N5O4/c1-4-7-14-33(15-8-5-2)20-10-12-22(24(35)18-20)26-27(36)25(28(26)37)21-11-9-19(17-23(21)34)32(6-3)16-13-30-31-29/h9-12,17-18,25-28,34-35H,4-8,13-16H2,1-3H3/q-2. The minimum atomic E-state index is -1.26. The van der Waals surface area contributed by atoms with E-state index in [-0.39, 0.29) is 11.5 Å². The Labute approximate surface area is 219 Å². The van der Waals surface area contributed by atoms with Crippen LogP contribution in [-0.2, 0) is 0 Å². The van der Waals surface area contributed by atoms with Gasteiger partial charge in [0.15, 0.2) is 0 Å². The van der Waals surface area contributed by atoms with E-state index in [9.17, 15) is 20.4 Å². The van der Waals surface area contributed by atoms with Crippen molar-refractivity contribution in [2.24, 2.45) is 5.11 Å². The molecule has 1 aliphatic rings. The second-order valence-electron chi connectivity index (χ2n) is 9.70. The maximum atomic E-state index is 13.2. The van der Waals surface area contributed by atoms with Gasteiger partial charge in [-0.3, -0.25) is 0 Å². The Morgan fingerprint density at radius 1 is 0.811 bits per heavy atom. The minimum absolute atomic E-state index is 0.0150. The zero-order chi connectivity index (χ0) is 26.9. The third-order valence-corrected chi connectivity index (χ3v) is 7.37. The summed E-state index contributed by atoms with van der Waals surface area (Å²) in [5, 5.41) is 51.5. The molecule has 2 unspecified atom stereocenters. The molecule has 0 heterocycles. The maximum absolute atomic E-state index is 13.2. The largest absolute Gasteiger partial charge is 0.851 e. The van der Waals surface area contributed by atoms with E-state index >= 15 is 0 Å². The molecule has 37 heavy (non-hydrogen) atoms. The van der Waals surface area contributed by atoms with Gasteiger partial charge in [-0.2, -0.15) is 0 Å². The van der Waals surface area contributed by atoms with Crippen molar-refractivity contribution in [3.8, 4) is 11.5 Å². The molecule has 3 rings (SSSR count). The van der Waals surface area contributed by atoms with Gasteiger partial charge in [0.05, 0.1) is 0 Å². The van der Waals surface area contributed by atoms with Gasteiger partial charge < -0.3 is 30.2 Å². The van der Waals surface area contributed by atoms with Crippen LogP contribution >= 0.6 is 0 Å². The van der Waals surface area contributed by atoms with Gasteiger partial charge in [0, 0.05) is 61.1 Å². The van der Waals surface area contributed by atoms with Crippen molar-refractivity contribution in [1.29, 1.82) is 0 Å². The van der Waals surface area contributed by atoms with Crippen molar-refractivity contribution in [3.05, 3.63) is 58.0 Å². The van der Waals surface area contributed by atoms with Gasteiger partial charge >= 0.3 is 0 Å². The molecular formula is C28H39N5O4-2. The molecule has 0 radical (unpaired) electrons. The number of azide groups is 1. The van der Waals surface area contributed by atoms with E-state index in [0.717, 1.165) is 50.1 Å². The second kappa shape index (κ2) is 13.4. The number of hydrogen-bond donors (Lipinski definition) is 2. The molecule has 2 N–H and O–H groups in total. The molecule has 0 amide bonds. The topological polar surface area (TPSA) is 142 Å². The lowest BCUT2D eigenvalue weighted by molar-refractivity contribution is -0.536. The molecule has 9 heteroatoms. The van der Waals surface area contributed by atoms with E-state index < -0.39 is 24.0 Å². The predicted molar refractivity (Wildman–Crippen MR) is 143 cm³/mol. The Bertz CT molecular complexity index is 1060. The lowest BCUT2D eigenvalue weighted by atomic mass is 9.63. The summed E-state index contributed by atoms with van der Waals surface area (Å²) < 4.78 is 0. The SMILES string of the molecule is CCCCN(CCCC)c1ccc(C2C([O-])C(c3ccc(N(CC)CCN=[N+]=[N-])cc3O)C2[O-])c(O)c1. The van der Waals surface area contributed by atoms with Crippen molar-refractivity contribution >= 4 is 11.4 Å². The molecule has 9 nitrogen and oxygen atoms in total.